The van der Waals surface area contributed by atoms with Crippen LogP contribution in [0.25, 0.3) is 0 Å². The Balaban J connectivity index is 5.40. The predicted molar refractivity (Wildman–Crippen MR) is 107 cm³/mol. The SMILES string of the molecule is COC(=O)C(CC#C[Si](C)(C)C)(CCCC#C[Si](C)(C)C)C(=O)OC. The molecule has 0 saturated heterocycles. The number of methoxy groups -OCH3 is 2. The first-order chi connectivity index (χ1) is 11.4. The molecule has 0 aliphatic carbocycles. The van der Waals surface area contributed by atoms with E-state index in [2.05, 4.69) is 62.2 Å². The van der Waals surface area contributed by atoms with Crippen molar-refractivity contribution in [3.8, 4) is 22.9 Å². The zero-order valence-electron chi connectivity index (χ0n) is 17.0. The summed E-state index contributed by atoms with van der Waals surface area (Å²) >= 11 is 0. The number of unbranched alkanes of at least 4 members (excludes halogenated alkanes) is 1. The van der Waals surface area contributed by atoms with Crippen LogP contribution >= 0.6 is 0 Å². The Kier molecular flexibility index (Phi) is 9.25. The van der Waals surface area contributed by atoms with Gasteiger partial charge in [-0.25, -0.2) is 0 Å². The molecule has 0 aliphatic heterocycles. The van der Waals surface area contributed by atoms with E-state index in [1.807, 2.05) is 0 Å². The number of ether oxygens (including phenoxy) is 2. The van der Waals surface area contributed by atoms with Gasteiger partial charge in [0.2, 0.25) is 0 Å². The van der Waals surface area contributed by atoms with Gasteiger partial charge in [0, 0.05) is 12.8 Å². The molecule has 0 N–H and O–H groups in total. The summed E-state index contributed by atoms with van der Waals surface area (Å²) in [5.41, 5.74) is 5.14. The quantitative estimate of drug-likeness (QED) is 0.232. The smallest absolute Gasteiger partial charge is 0.324 e. The van der Waals surface area contributed by atoms with Crippen molar-refractivity contribution in [1.29, 1.82) is 0 Å². The van der Waals surface area contributed by atoms with E-state index in [0.717, 1.165) is 0 Å². The minimum absolute atomic E-state index is 0.123. The van der Waals surface area contributed by atoms with Gasteiger partial charge in [-0.2, -0.15) is 0 Å². The molecule has 0 radical (unpaired) electrons. The molecule has 25 heavy (non-hydrogen) atoms. The van der Waals surface area contributed by atoms with Gasteiger partial charge >= 0.3 is 11.9 Å². The van der Waals surface area contributed by atoms with Gasteiger partial charge in [0.15, 0.2) is 5.41 Å². The Morgan fingerprint density at radius 2 is 1.28 bits per heavy atom. The first-order valence-electron chi connectivity index (χ1n) is 8.55. The predicted octanol–water partition coefficient (Wildman–Crippen LogP) is 3.64. The third-order valence-corrected chi connectivity index (χ3v) is 5.23. The largest absolute Gasteiger partial charge is 0.468 e. The van der Waals surface area contributed by atoms with Crippen LogP contribution in [-0.4, -0.2) is 42.3 Å². The lowest BCUT2D eigenvalue weighted by Crippen LogP contribution is -2.41. The molecule has 140 valence electrons. The number of rotatable bonds is 6. The molecule has 0 fully saturated rings. The maximum absolute atomic E-state index is 12.4. The minimum Gasteiger partial charge on any atom is -0.468 e. The van der Waals surface area contributed by atoms with Crippen LogP contribution in [0.3, 0.4) is 0 Å². The van der Waals surface area contributed by atoms with Crippen LogP contribution in [0, 0.1) is 28.3 Å². The van der Waals surface area contributed by atoms with E-state index < -0.39 is 33.5 Å². The maximum Gasteiger partial charge on any atom is 0.324 e. The third-order valence-electron chi connectivity index (χ3n) is 3.37. The van der Waals surface area contributed by atoms with E-state index >= 15 is 0 Å². The number of carbonyl (C=O) groups excluding carboxylic acids is 2. The highest BCUT2D eigenvalue weighted by molar-refractivity contribution is 6.84. The van der Waals surface area contributed by atoms with Crippen LogP contribution in [-0.2, 0) is 19.1 Å². The second-order valence-corrected chi connectivity index (χ2v) is 17.7. The molecule has 0 spiro atoms. The zero-order valence-corrected chi connectivity index (χ0v) is 19.0. The molecule has 0 heterocycles. The van der Waals surface area contributed by atoms with E-state index in [1.54, 1.807) is 0 Å². The van der Waals surface area contributed by atoms with Gasteiger partial charge in [-0.15, -0.1) is 22.9 Å². The number of esters is 2. The lowest BCUT2D eigenvalue weighted by Gasteiger charge is -2.26. The molecular formula is C19H32O4Si2. The lowest BCUT2D eigenvalue weighted by atomic mass is 9.79. The van der Waals surface area contributed by atoms with Crippen molar-refractivity contribution in [2.75, 3.05) is 14.2 Å². The first-order valence-corrected chi connectivity index (χ1v) is 15.5. The van der Waals surface area contributed by atoms with Crippen molar-refractivity contribution in [2.45, 2.75) is 65.0 Å². The zero-order chi connectivity index (χ0) is 19.7. The topological polar surface area (TPSA) is 52.6 Å². The summed E-state index contributed by atoms with van der Waals surface area (Å²) in [5, 5.41) is 0. The molecule has 0 aromatic heterocycles. The van der Waals surface area contributed by atoms with Crippen LogP contribution in [0.4, 0.5) is 0 Å². The Labute approximate surface area is 155 Å². The molecule has 0 amide bonds. The Bertz CT molecular complexity index is 573. The van der Waals surface area contributed by atoms with Crippen molar-refractivity contribution < 1.29 is 19.1 Å². The van der Waals surface area contributed by atoms with Crippen molar-refractivity contribution in [3.63, 3.8) is 0 Å². The monoisotopic (exact) mass is 380 g/mol. The molecule has 0 saturated carbocycles. The molecule has 0 aromatic rings. The van der Waals surface area contributed by atoms with Crippen molar-refractivity contribution in [2.24, 2.45) is 5.41 Å². The van der Waals surface area contributed by atoms with Gasteiger partial charge in [-0.3, -0.25) is 9.59 Å². The summed E-state index contributed by atoms with van der Waals surface area (Å²) in [6.07, 6.45) is 1.71. The van der Waals surface area contributed by atoms with E-state index in [0.29, 0.717) is 19.3 Å². The molecule has 0 aliphatic rings. The fourth-order valence-corrected chi connectivity index (χ4v) is 3.45. The van der Waals surface area contributed by atoms with Crippen molar-refractivity contribution in [3.05, 3.63) is 0 Å². The highest BCUT2D eigenvalue weighted by Gasteiger charge is 2.47. The van der Waals surface area contributed by atoms with Gasteiger partial charge in [0.1, 0.15) is 16.1 Å². The fraction of sp³-hybridized carbons (Fsp3) is 0.684. The highest BCUT2D eigenvalue weighted by Crippen LogP contribution is 2.32. The average Bonchev–Trinajstić information content (AvgIpc) is 2.49. The maximum atomic E-state index is 12.4. The Hall–Kier alpha value is -1.51. The van der Waals surface area contributed by atoms with E-state index in [9.17, 15) is 9.59 Å². The molecule has 0 bridgehead atoms. The van der Waals surface area contributed by atoms with Crippen LogP contribution in [0.5, 0.6) is 0 Å². The minimum atomic E-state index is -1.59. The van der Waals surface area contributed by atoms with Gasteiger partial charge in [0.05, 0.1) is 14.2 Å². The normalized spacial score (nSPS) is 11.5. The highest BCUT2D eigenvalue weighted by atomic mass is 28.3. The van der Waals surface area contributed by atoms with Crippen molar-refractivity contribution in [1.82, 2.24) is 0 Å². The van der Waals surface area contributed by atoms with E-state index in [4.69, 9.17) is 9.47 Å². The average molecular weight is 381 g/mol. The molecule has 0 rings (SSSR count). The summed E-state index contributed by atoms with van der Waals surface area (Å²) in [6, 6.07) is 0. The van der Waals surface area contributed by atoms with Gasteiger partial charge < -0.3 is 9.47 Å². The first kappa shape index (κ1) is 23.5. The molecule has 0 unspecified atom stereocenters. The van der Waals surface area contributed by atoms with Crippen LogP contribution in [0.15, 0.2) is 0 Å². The molecule has 6 heteroatoms. The molecule has 0 atom stereocenters. The third kappa shape index (κ3) is 8.95. The Morgan fingerprint density at radius 1 is 0.840 bits per heavy atom. The number of hydrogen-bond acceptors (Lipinski definition) is 4. The fourth-order valence-electron chi connectivity index (χ4n) is 2.18. The van der Waals surface area contributed by atoms with Crippen LogP contribution in [0.1, 0.15) is 25.7 Å². The Morgan fingerprint density at radius 3 is 1.68 bits per heavy atom. The lowest BCUT2D eigenvalue weighted by molar-refractivity contribution is -0.169. The van der Waals surface area contributed by atoms with Gasteiger partial charge in [-0.05, 0) is 12.8 Å². The van der Waals surface area contributed by atoms with Crippen LogP contribution < -0.4 is 0 Å². The van der Waals surface area contributed by atoms with Crippen LogP contribution in [0.2, 0.25) is 39.3 Å². The molecular weight excluding hydrogens is 348 g/mol. The van der Waals surface area contributed by atoms with Gasteiger partial charge in [0.25, 0.3) is 0 Å². The summed E-state index contributed by atoms with van der Waals surface area (Å²) in [7, 11) is -0.432. The molecule has 4 nitrogen and oxygen atoms in total. The summed E-state index contributed by atoms with van der Waals surface area (Å²) < 4.78 is 9.81. The van der Waals surface area contributed by atoms with Crippen molar-refractivity contribution >= 4 is 28.1 Å². The number of carbonyl (C=O) groups is 2. The number of hydrogen-bond donors (Lipinski definition) is 0. The van der Waals surface area contributed by atoms with Gasteiger partial charge in [-0.1, -0.05) is 39.3 Å². The van der Waals surface area contributed by atoms with E-state index in [1.165, 1.54) is 14.2 Å². The summed E-state index contributed by atoms with van der Waals surface area (Å²) in [6.45, 7) is 12.9. The van der Waals surface area contributed by atoms with E-state index in [-0.39, 0.29) is 6.42 Å². The summed E-state index contributed by atoms with van der Waals surface area (Å²) in [4.78, 5) is 24.8. The second kappa shape index (κ2) is 9.84. The standard InChI is InChI=1S/C19H32O4Si2/c1-22-17(20)19(18(21)23-2,14-12-16-25(6,7)8)13-10-9-11-15-24(3,4)5/h9-10,13-14H2,1-8H3. The molecule has 0 aromatic carbocycles. The summed E-state index contributed by atoms with van der Waals surface area (Å²) in [5.74, 6) is 5.05. The second-order valence-electron chi connectivity index (χ2n) is 8.20.